The van der Waals surface area contributed by atoms with Crippen LogP contribution in [0.25, 0.3) is 10.9 Å². The predicted molar refractivity (Wildman–Crippen MR) is 107 cm³/mol. The number of rotatable bonds is 5. The number of aromatic nitrogens is 2. The standard InChI is InChI=1S/C22H25N3O3/c1-24-20-8-7-18(27-2)11-17(20)12-21(24)22(26)25-10-4-6-19(14-25)28-15-16-5-3-9-23-13-16/h3,5,7-9,11-13,19H,4,6,10,14-15H2,1-2H3. The number of piperidine rings is 1. The lowest BCUT2D eigenvalue weighted by Crippen LogP contribution is -2.43. The molecule has 1 fully saturated rings. The molecule has 0 bridgehead atoms. The Kier molecular flexibility index (Phi) is 5.30. The number of fused-ring (bicyclic) bond motifs is 1. The van der Waals surface area contributed by atoms with Crippen LogP contribution in [0.4, 0.5) is 0 Å². The van der Waals surface area contributed by atoms with Crippen molar-refractivity contribution in [3.63, 3.8) is 0 Å². The monoisotopic (exact) mass is 379 g/mol. The molecule has 6 nitrogen and oxygen atoms in total. The average molecular weight is 379 g/mol. The first-order valence-corrected chi connectivity index (χ1v) is 9.59. The minimum atomic E-state index is 0.0485. The van der Waals surface area contributed by atoms with Crippen LogP contribution in [0.5, 0.6) is 5.75 Å². The molecule has 0 radical (unpaired) electrons. The van der Waals surface area contributed by atoms with Crippen LogP contribution in [-0.4, -0.2) is 46.7 Å². The van der Waals surface area contributed by atoms with E-state index in [9.17, 15) is 4.79 Å². The molecule has 4 rings (SSSR count). The van der Waals surface area contributed by atoms with Crippen LogP contribution in [0.3, 0.4) is 0 Å². The van der Waals surface area contributed by atoms with E-state index in [2.05, 4.69) is 4.98 Å². The number of benzene rings is 1. The molecule has 1 saturated heterocycles. The molecule has 146 valence electrons. The first-order chi connectivity index (χ1) is 13.7. The normalized spacial score (nSPS) is 17.1. The van der Waals surface area contributed by atoms with Gasteiger partial charge in [-0.15, -0.1) is 0 Å². The number of nitrogens with zero attached hydrogens (tertiary/aromatic N) is 3. The minimum absolute atomic E-state index is 0.0485. The van der Waals surface area contributed by atoms with E-state index in [1.54, 1.807) is 13.3 Å². The van der Waals surface area contributed by atoms with Gasteiger partial charge >= 0.3 is 0 Å². The lowest BCUT2D eigenvalue weighted by atomic mass is 10.1. The van der Waals surface area contributed by atoms with Crippen molar-refractivity contribution in [2.24, 2.45) is 7.05 Å². The topological polar surface area (TPSA) is 56.6 Å². The van der Waals surface area contributed by atoms with Gasteiger partial charge in [-0.25, -0.2) is 0 Å². The highest BCUT2D eigenvalue weighted by molar-refractivity contribution is 5.99. The van der Waals surface area contributed by atoms with E-state index >= 15 is 0 Å². The number of ether oxygens (including phenoxy) is 2. The highest BCUT2D eigenvalue weighted by Crippen LogP contribution is 2.25. The molecule has 1 amide bonds. The number of aryl methyl sites for hydroxylation is 1. The van der Waals surface area contributed by atoms with Gasteiger partial charge in [-0.2, -0.15) is 0 Å². The number of carbonyl (C=O) groups excluding carboxylic acids is 1. The van der Waals surface area contributed by atoms with Crippen LogP contribution in [0, 0.1) is 0 Å². The Morgan fingerprint density at radius 3 is 2.96 bits per heavy atom. The van der Waals surface area contributed by atoms with Gasteiger partial charge in [-0.05, 0) is 48.7 Å². The Morgan fingerprint density at radius 2 is 2.18 bits per heavy atom. The van der Waals surface area contributed by atoms with Gasteiger partial charge in [0.25, 0.3) is 5.91 Å². The van der Waals surface area contributed by atoms with Gasteiger partial charge in [0.1, 0.15) is 11.4 Å². The second-order valence-corrected chi connectivity index (χ2v) is 7.20. The number of likely N-dealkylation sites (tertiary alicyclic amines) is 1. The molecule has 1 atom stereocenters. The largest absolute Gasteiger partial charge is 0.497 e. The number of hydrogen-bond donors (Lipinski definition) is 0. The summed E-state index contributed by atoms with van der Waals surface area (Å²) in [4.78, 5) is 19.2. The molecule has 1 unspecified atom stereocenters. The first-order valence-electron chi connectivity index (χ1n) is 9.59. The molecule has 1 aromatic carbocycles. The summed E-state index contributed by atoms with van der Waals surface area (Å²) in [5, 5.41) is 1.01. The van der Waals surface area contributed by atoms with E-state index in [0.29, 0.717) is 18.8 Å². The smallest absolute Gasteiger partial charge is 0.270 e. The SMILES string of the molecule is COc1ccc2c(c1)cc(C(=O)N1CCCC(OCc3cccnc3)C1)n2C. The van der Waals surface area contributed by atoms with Crippen LogP contribution < -0.4 is 4.74 Å². The van der Waals surface area contributed by atoms with Gasteiger partial charge in [0.05, 0.1) is 19.8 Å². The lowest BCUT2D eigenvalue weighted by Gasteiger charge is -2.32. The maximum absolute atomic E-state index is 13.2. The molecule has 3 aromatic rings. The Balaban J connectivity index is 1.46. The fourth-order valence-electron chi connectivity index (χ4n) is 3.78. The molecular weight excluding hydrogens is 354 g/mol. The van der Waals surface area contributed by atoms with Crippen molar-refractivity contribution >= 4 is 16.8 Å². The van der Waals surface area contributed by atoms with Crippen LogP contribution >= 0.6 is 0 Å². The van der Waals surface area contributed by atoms with Crippen LogP contribution in [0.1, 0.15) is 28.9 Å². The summed E-state index contributed by atoms with van der Waals surface area (Å²) in [5.41, 5.74) is 2.76. The van der Waals surface area contributed by atoms with Gasteiger partial charge in [0, 0.05) is 43.4 Å². The lowest BCUT2D eigenvalue weighted by molar-refractivity contribution is -0.00705. The fourth-order valence-corrected chi connectivity index (χ4v) is 3.78. The number of carbonyl (C=O) groups is 1. The second-order valence-electron chi connectivity index (χ2n) is 7.20. The third-order valence-corrected chi connectivity index (χ3v) is 5.34. The van der Waals surface area contributed by atoms with Crippen LogP contribution in [0.15, 0.2) is 48.8 Å². The maximum atomic E-state index is 13.2. The van der Waals surface area contributed by atoms with Crippen LogP contribution in [-0.2, 0) is 18.4 Å². The van der Waals surface area contributed by atoms with Gasteiger partial charge in [-0.3, -0.25) is 9.78 Å². The van der Waals surface area contributed by atoms with E-state index in [4.69, 9.17) is 9.47 Å². The third kappa shape index (κ3) is 3.73. The van der Waals surface area contributed by atoms with Crippen molar-refractivity contribution in [3.05, 3.63) is 60.0 Å². The summed E-state index contributed by atoms with van der Waals surface area (Å²) in [6, 6.07) is 11.7. The summed E-state index contributed by atoms with van der Waals surface area (Å²) in [5.74, 6) is 0.839. The zero-order valence-corrected chi connectivity index (χ0v) is 16.3. The van der Waals surface area contributed by atoms with Crippen molar-refractivity contribution < 1.29 is 14.3 Å². The predicted octanol–water partition coefficient (Wildman–Crippen LogP) is 3.40. The summed E-state index contributed by atoms with van der Waals surface area (Å²) >= 11 is 0. The molecule has 0 saturated carbocycles. The second kappa shape index (κ2) is 8.02. The van der Waals surface area contributed by atoms with Crippen molar-refractivity contribution in [1.29, 1.82) is 0 Å². The summed E-state index contributed by atoms with van der Waals surface area (Å²) in [6.07, 6.45) is 5.53. The Morgan fingerprint density at radius 1 is 1.29 bits per heavy atom. The average Bonchev–Trinajstić information content (AvgIpc) is 3.08. The Bertz CT molecular complexity index is 968. The highest BCUT2D eigenvalue weighted by Gasteiger charge is 2.27. The van der Waals surface area contributed by atoms with E-state index in [1.807, 2.05) is 59.1 Å². The van der Waals surface area contributed by atoms with Gasteiger partial charge < -0.3 is 18.9 Å². The highest BCUT2D eigenvalue weighted by atomic mass is 16.5. The summed E-state index contributed by atoms with van der Waals surface area (Å²) in [6.45, 7) is 1.90. The molecule has 1 aliphatic heterocycles. The number of methoxy groups -OCH3 is 1. The molecule has 0 N–H and O–H groups in total. The molecule has 28 heavy (non-hydrogen) atoms. The molecular formula is C22H25N3O3. The van der Waals surface area contributed by atoms with Gasteiger partial charge in [0.2, 0.25) is 0 Å². The Hall–Kier alpha value is -2.86. The Labute approximate surface area is 164 Å². The summed E-state index contributed by atoms with van der Waals surface area (Å²) in [7, 11) is 3.58. The molecule has 2 aromatic heterocycles. The van der Waals surface area contributed by atoms with Crippen molar-refractivity contribution in [2.45, 2.75) is 25.6 Å². The number of pyridine rings is 1. The van der Waals surface area contributed by atoms with Crippen molar-refractivity contribution in [1.82, 2.24) is 14.5 Å². The van der Waals surface area contributed by atoms with E-state index in [0.717, 1.165) is 41.6 Å². The maximum Gasteiger partial charge on any atom is 0.270 e. The third-order valence-electron chi connectivity index (χ3n) is 5.34. The first kappa shape index (κ1) is 18.5. The fraction of sp³-hybridized carbons (Fsp3) is 0.364. The minimum Gasteiger partial charge on any atom is -0.497 e. The van der Waals surface area contributed by atoms with Gasteiger partial charge in [-0.1, -0.05) is 6.07 Å². The van der Waals surface area contributed by atoms with E-state index < -0.39 is 0 Å². The molecule has 0 spiro atoms. The van der Waals surface area contributed by atoms with Crippen molar-refractivity contribution in [2.75, 3.05) is 20.2 Å². The van der Waals surface area contributed by atoms with Crippen molar-refractivity contribution in [3.8, 4) is 5.75 Å². The number of amides is 1. The van der Waals surface area contributed by atoms with Crippen LogP contribution in [0.2, 0.25) is 0 Å². The molecule has 6 heteroatoms. The zero-order valence-electron chi connectivity index (χ0n) is 16.3. The van der Waals surface area contributed by atoms with E-state index in [1.165, 1.54) is 0 Å². The summed E-state index contributed by atoms with van der Waals surface area (Å²) < 4.78 is 13.3. The molecule has 0 aliphatic carbocycles. The molecule has 3 heterocycles. The van der Waals surface area contributed by atoms with E-state index in [-0.39, 0.29) is 12.0 Å². The van der Waals surface area contributed by atoms with Gasteiger partial charge in [0.15, 0.2) is 0 Å². The zero-order chi connectivity index (χ0) is 19.5. The quantitative estimate of drug-likeness (QED) is 0.682. The molecule has 1 aliphatic rings. The number of hydrogen-bond acceptors (Lipinski definition) is 4.